The van der Waals surface area contributed by atoms with E-state index in [1.165, 1.54) is 0 Å². The van der Waals surface area contributed by atoms with Gasteiger partial charge in [0, 0.05) is 22.0 Å². The van der Waals surface area contributed by atoms with Crippen LogP contribution in [0.4, 0.5) is 0 Å². The molecule has 0 unspecified atom stereocenters. The molecule has 0 aliphatic heterocycles. The summed E-state index contributed by atoms with van der Waals surface area (Å²) in [5.74, 6) is 0. The van der Waals surface area contributed by atoms with Crippen molar-refractivity contribution in [2.75, 3.05) is 0 Å². The predicted octanol–water partition coefficient (Wildman–Crippen LogP) is 1.95. The summed E-state index contributed by atoms with van der Waals surface area (Å²) in [7, 11) is 0. The Balaban J connectivity index is 3.04. The molecular formula is CIN2P. The number of hydrogen-bond donors (Lipinski definition) is 0. The first-order chi connectivity index (χ1) is 2.41. The molecule has 0 aliphatic rings. The Morgan fingerprint density at radius 2 is 2.60 bits per heavy atom. The van der Waals surface area contributed by atoms with Gasteiger partial charge in [0.05, 0.1) is 6.02 Å². The lowest BCUT2D eigenvalue weighted by atomic mass is 11.5. The lowest BCUT2D eigenvalue weighted by Gasteiger charge is -1.45. The van der Waals surface area contributed by atoms with Crippen LogP contribution < -0.4 is 0 Å². The van der Waals surface area contributed by atoms with Crippen LogP contribution in [0.5, 0.6) is 0 Å². The molecule has 26 valence electrons. The van der Waals surface area contributed by atoms with Crippen molar-refractivity contribution in [1.29, 1.82) is 5.26 Å². The summed E-state index contributed by atoms with van der Waals surface area (Å²) in [4.78, 5) is 0. The zero-order valence-corrected chi connectivity index (χ0v) is 5.27. The Morgan fingerprint density at radius 1 is 2.00 bits per heavy atom. The van der Waals surface area contributed by atoms with Crippen molar-refractivity contribution in [1.82, 2.24) is 0 Å². The summed E-state index contributed by atoms with van der Waals surface area (Å²) >= 11 is 1.97. The second-order valence-corrected chi connectivity index (χ2v) is 1.92. The van der Waals surface area contributed by atoms with Gasteiger partial charge in [0.15, 0.2) is 0 Å². The van der Waals surface area contributed by atoms with Gasteiger partial charge in [-0.05, 0) is 0 Å². The Labute approximate surface area is 44.6 Å². The third kappa shape index (κ3) is 4.32. The second kappa shape index (κ2) is 4.32. The highest BCUT2D eigenvalue weighted by atomic mass is 127. The van der Waals surface area contributed by atoms with E-state index >= 15 is 0 Å². The van der Waals surface area contributed by atoms with E-state index in [9.17, 15) is 0 Å². The van der Waals surface area contributed by atoms with E-state index < -0.39 is 0 Å². The van der Waals surface area contributed by atoms with E-state index in [4.69, 9.17) is 5.26 Å². The molecule has 0 radical (unpaired) electrons. The van der Waals surface area contributed by atoms with Gasteiger partial charge in [0.2, 0.25) is 6.19 Å². The van der Waals surface area contributed by atoms with E-state index in [-0.39, 0.29) is 0 Å². The van der Waals surface area contributed by atoms with Crippen LogP contribution in [-0.2, 0) is 0 Å². The maximum Gasteiger partial charge on any atom is 0.210 e. The highest BCUT2D eigenvalue weighted by Gasteiger charge is 1.49. The molecule has 0 saturated heterocycles. The number of nitrogens with zero attached hydrogens (tertiary/aromatic N) is 2. The normalized spacial score (nSPS) is 8.00. The molecule has 0 fully saturated rings. The minimum atomic E-state index is 0.764. The molecule has 2 nitrogen and oxygen atoms in total. The minimum Gasteiger partial charge on any atom is -0.170 e. The highest BCUT2D eigenvalue weighted by molar-refractivity contribution is 14.2. The number of rotatable bonds is 0. The fourth-order valence-corrected chi connectivity index (χ4v) is 0.340. The summed E-state index contributed by atoms with van der Waals surface area (Å²) in [5, 5.41) is 7.64. The standard InChI is InChI=1S/CIN2P/c2-5-4-1-3. The van der Waals surface area contributed by atoms with Crippen molar-refractivity contribution >= 4 is 28.1 Å². The molecule has 0 aromatic rings. The Bertz CT molecular complexity index is 72.2. The SMILES string of the molecule is N#CN=PI. The predicted molar refractivity (Wildman–Crippen MR) is 29.0 cm³/mol. The molecule has 0 atom stereocenters. The van der Waals surface area contributed by atoms with Crippen LogP contribution in [0.25, 0.3) is 0 Å². The third-order valence-corrected chi connectivity index (χ3v) is 0.895. The second-order valence-electron chi connectivity index (χ2n) is 0.276. The number of nitriles is 1. The number of halogens is 1. The van der Waals surface area contributed by atoms with Gasteiger partial charge in [-0.15, -0.1) is 4.74 Å². The zero-order chi connectivity index (χ0) is 4.12. The van der Waals surface area contributed by atoms with Gasteiger partial charge in [0.1, 0.15) is 0 Å². The van der Waals surface area contributed by atoms with E-state index in [2.05, 4.69) is 4.74 Å². The average molecular weight is 198 g/mol. The van der Waals surface area contributed by atoms with Crippen molar-refractivity contribution in [3.05, 3.63) is 0 Å². The van der Waals surface area contributed by atoms with E-state index in [1.54, 1.807) is 6.19 Å². The molecule has 4 heteroatoms. The highest BCUT2D eigenvalue weighted by Crippen LogP contribution is 2.07. The molecular weight excluding hydrogens is 198 g/mol. The summed E-state index contributed by atoms with van der Waals surface area (Å²) in [6.07, 6.45) is 1.62. The van der Waals surface area contributed by atoms with Crippen LogP contribution in [0.1, 0.15) is 0 Å². The average Bonchev–Trinajstić information content (AvgIpc) is 1.41. The van der Waals surface area contributed by atoms with Gasteiger partial charge in [-0.1, -0.05) is 0 Å². The van der Waals surface area contributed by atoms with Crippen molar-refractivity contribution < 1.29 is 0 Å². The van der Waals surface area contributed by atoms with Crippen molar-refractivity contribution in [2.24, 2.45) is 4.74 Å². The number of hydrogen-bond acceptors (Lipinski definition) is 2. The molecule has 0 rings (SSSR count). The topological polar surface area (TPSA) is 36.1 Å². The van der Waals surface area contributed by atoms with E-state index in [0.717, 1.165) is 6.02 Å². The van der Waals surface area contributed by atoms with Gasteiger partial charge >= 0.3 is 0 Å². The van der Waals surface area contributed by atoms with Crippen LogP contribution in [0, 0.1) is 11.5 Å². The largest absolute Gasteiger partial charge is 0.210 e. The van der Waals surface area contributed by atoms with E-state index in [1.807, 2.05) is 22.0 Å². The fourth-order valence-electron chi connectivity index (χ4n) is 0.0169. The first-order valence-corrected chi connectivity index (χ1v) is 4.45. The van der Waals surface area contributed by atoms with E-state index in [0.29, 0.717) is 0 Å². The minimum absolute atomic E-state index is 0.764. The van der Waals surface area contributed by atoms with Crippen molar-refractivity contribution in [3.63, 3.8) is 0 Å². The van der Waals surface area contributed by atoms with Gasteiger partial charge in [0.25, 0.3) is 0 Å². The van der Waals surface area contributed by atoms with Crippen LogP contribution in [0.15, 0.2) is 4.74 Å². The molecule has 0 amide bonds. The molecule has 0 heterocycles. The summed E-state index contributed by atoms with van der Waals surface area (Å²) in [5.41, 5.74) is 0. The third-order valence-electron chi connectivity index (χ3n) is 0.0825. The first kappa shape index (κ1) is 5.32. The van der Waals surface area contributed by atoms with Crippen LogP contribution in [0.2, 0.25) is 0 Å². The van der Waals surface area contributed by atoms with Crippen LogP contribution >= 0.6 is 28.1 Å². The molecule has 0 aromatic heterocycles. The van der Waals surface area contributed by atoms with Crippen LogP contribution in [-0.4, -0.2) is 0 Å². The first-order valence-electron chi connectivity index (χ1n) is 0.816. The molecule has 0 spiro atoms. The summed E-state index contributed by atoms with van der Waals surface area (Å²) in [6.45, 7) is 0. The quantitative estimate of drug-likeness (QED) is 0.332. The van der Waals surface area contributed by atoms with Crippen LogP contribution in [0.3, 0.4) is 0 Å². The lowest BCUT2D eigenvalue weighted by Crippen LogP contribution is -1.20. The molecule has 0 N–H and O–H groups in total. The fraction of sp³-hybridized carbons (Fsp3) is 0. The summed E-state index contributed by atoms with van der Waals surface area (Å²) < 4.78 is 3.24. The maximum absolute atomic E-state index is 7.64. The van der Waals surface area contributed by atoms with Gasteiger partial charge in [-0.2, -0.15) is 5.26 Å². The van der Waals surface area contributed by atoms with Gasteiger partial charge in [-0.3, -0.25) is 0 Å². The summed E-state index contributed by atoms with van der Waals surface area (Å²) in [6, 6.07) is 0.764. The molecule has 0 aliphatic carbocycles. The lowest BCUT2D eigenvalue weighted by molar-refractivity contribution is 1.46. The van der Waals surface area contributed by atoms with Gasteiger partial charge < -0.3 is 0 Å². The van der Waals surface area contributed by atoms with Gasteiger partial charge in [-0.25, -0.2) is 0 Å². The monoisotopic (exact) mass is 198 g/mol. The molecule has 0 bridgehead atoms. The Kier molecular flexibility index (Phi) is 4.60. The van der Waals surface area contributed by atoms with Crippen molar-refractivity contribution in [2.45, 2.75) is 0 Å². The van der Waals surface area contributed by atoms with Crippen molar-refractivity contribution in [3.8, 4) is 6.19 Å². The Morgan fingerprint density at radius 3 is 2.60 bits per heavy atom. The molecule has 0 saturated carbocycles. The maximum atomic E-state index is 7.64. The molecule has 0 aromatic carbocycles. The Hall–Kier alpha value is 0.320. The zero-order valence-electron chi connectivity index (χ0n) is 2.22. The smallest absolute Gasteiger partial charge is 0.170 e. The molecule has 5 heavy (non-hydrogen) atoms.